The molecule has 130 valence electrons. The minimum Gasteiger partial charge on any atom is -0.356 e. The highest BCUT2D eigenvalue weighted by atomic mass is 32.1. The molecule has 0 saturated carbocycles. The van der Waals surface area contributed by atoms with Gasteiger partial charge in [0.05, 0.1) is 13.1 Å². The van der Waals surface area contributed by atoms with Crippen LogP contribution < -0.4 is 10.6 Å². The van der Waals surface area contributed by atoms with E-state index < -0.39 is 0 Å². The van der Waals surface area contributed by atoms with Gasteiger partial charge in [0.25, 0.3) is 0 Å². The van der Waals surface area contributed by atoms with E-state index >= 15 is 0 Å². The normalized spacial score (nSPS) is 11.5. The molecule has 6 heteroatoms. The predicted octanol–water partition coefficient (Wildman–Crippen LogP) is 3.83. The second-order valence-corrected chi connectivity index (χ2v) is 6.80. The van der Waals surface area contributed by atoms with Crippen LogP contribution in [0.5, 0.6) is 0 Å². The van der Waals surface area contributed by atoms with Gasteiger partial charge in [0.15, 0.2) is 11.7 Å². The fourth-order valence-electron chi connectivity index (χ4n) is 2.41. The SMILES string of the molecule is CCc1ccc(CNC(=NC)NCc2cc(-c3ccccc3)on2)s1. The van der Waals surface area contributed by atoms with Gasteiger partial charge in [-0.3, -0.25) is 4.99 Å². The fourth-order valence-corrected chi connectivity index (χ4v) is 3.30. The van der Waals surface area contributed by atoms with Crippen molar-refractivity contribution >= 4 is 17.3 Å². The molecular weight excluding hydrogens is 332 g/mol. The van der Waals surface area contributed by atoms with Gasteiger partial charge >= 0.3 is 0 Å². The van der Waals surface area contributed by atoms with E-state index in [2.05, 4.69) is 39.8 Å². The van der Waals surface area contributed by atoms with Crippen LogP contribution in [-0.2, 0) is 19.5 Å². The molecule has 25 heavy (non-hydrogen) atoms. The third-order valence-electron chi connectivity index (χ3n) is 3.77. The van der Waals surface area contributed by atoms with Crippen LogP contribution in [0.25, 0.3) is 11.3 Å². The van der Waals surface area contributed by atoms with Crippen LogP contribution >= 0.6 is 11.3 Å². The van der Waals surface area contributed by atoms with E-state index in [9.17, 15) is 0 Å². The van der Waals surface area contributed by atoms with Crippen molar-refractivity contribution in [2.75, 3.05) is 7.05 Å². The fraction of sp³-hybridized carbons (Fsp3) is 0.263. The van der Waals surface area contributed by atoms with Crippen molar-refractivity contribution < 1.29 is 4.52 Å². The van der Waals surface area contributed by atoms with Crippen LogP contribution in [0.4, 0.5) is 0 Å². The highest BCUT2D eigenvalue weighted by Crippen LogP contribution is 2.19. The van der Waals surface area contributed by atoms with Gasteiger partial charge in [0.2, 0.25) is 0 Å². The maximum Gasteiger partial charge on any atom is 0.191 e. The molecule has 0 spiro atoms. The van der Waals surface area contributed by atoms with Crippen LogP contribution in [0, 0.1) is 0 Å². The summed E-state index contributed by atoms with van der Waals surface area (Å²) in [4.78, 5) is 6.95. The summed E-state index contributed by atoms with van der Waals surface area (Å²) < 4.78 is 5.41. The van der Waals surface area contributed by atoms with E-state index in [-0.39, 0.29) is 0 Å². The Kier molecular flexibility index (Phi) is 5.85. The summed E-state index contributed by atoms with van der Waals surface area (Å²) in [6.07, 6.45) is 1.08. The number of benzene rings is 1. The molecule has 0 bridgehead atoms. The summed E-state index contributed by atoms with van der Waals surface area (Å²) in [5, 5.41) is 10.7. The molecule has 3 rings (SSSR count). The van der Waals surface area contributed by atoms with Crippen molar-refractivity contribution in [2.45, 2.75) is 26.4 Å². The number of guanidine groups is 1. The van der Waals surface area contributed by atoms with Crippen LogP contribution in [0.1, 0.15) is 22.4 Å². The number of nitrogens with one attached hydrogen (secondary N) is 2. The monoisotopic (exact) mass is 354 g/mol. The second kappa shape index (κ2) is 8.48. The minimum atomic E-state index is 0.556. The zero-order chi connectivity index (χ0) is 17.5. The quantitative estimate of drug-likeness (QED) is 0.522. The lowest BCUT2D eigenvalue weighted by molar-refractivity contribution is 0.422. The summed E-state index contributed by atoms with van der Waals surface area (Å²) in [5.41, 5.74) is 1.86. The van der Waals surface area contributed by atoms with Gasteiger partial charge in [-0.05, 0) is 18.6 Å². The first-order chi connectivity index (χ1) is 12.3. The molecule has 0 aliphatic heterocycles. The smallest absolute Gasteiger partial charge is 0.191 e. The van der Waals surface area contributed by atoms with Crippen molar-refractivity contribution in [1.82, 2.24) is 15.8 Å². The number of rotatable bonds is 6. The molecule has 0 amide bonds. The summed E-state index contributed by atoms with van der Waals surface area (Å²) in [6, 6.07) is 16.2. The average Bonchev–Trinajstić information content (AvgIpc) is 3.32. The molecule has 0 saturated heterocycles. The van der Waals surface area contributed by atoms with Crippen LogP contribution in [-0.4, -0.2) is 18.2 Å². The van der Waals surface area contributed by atoms with Gasteiger partial charge in [-0.2, -0.15) is 0 Å². The van der Waals surface area contributed by atoms with Crippen molar-refractivity contribution in [3.8, 4) is 11.3 Å². The van der Waals surface area contributed by atoms with Crippen LogP contribution in [0.3, 0.4) is 0 Å². The molecule has 2 N–H and O–H groups in total. The lowest BCUT2D eigenvalue weighted by Gasteiger charge is -2.09. The molecule has 2 aromatic heterocycles. The van der Waals surface area contributed by atoms with Gasteiger partial charge < -0.3 is 15.2 Å². The third-order valence-corrected chi connectivity index (χ3v) is 5.00. The van der Waals surface area contributed by atoms with Crippen LogP contribution in [0.15, 0.2) is 58.0 Å². The molecule has 5 nitrogen and oxygen atoms in total. The van der Waals surface area contributed by atoms with E-state index in [1.54, 1.807) is 7.05 Å². The zero-order valence-electron chi connectivity index (χ0n) is 14.5. The first-order valence-corrected chi connectivity index (χ1v) is 9.13. The number of hydrogen-bond donors (Lipinski definition) is 2. The molecule has 3 aromatic rings. The highest BCUT2D eigenvalue weighted by Gasteiger charge is 2.07. The van der Waals surface area contributed by atoms with Gasteiger partial charge in [0, 0.05) is 28.4 Å². The number of aliphatic imine (C=N–C) groups is 1. The largest absolute Gasteiger partial charge is 0.356 e. The standard InChI is InChI=1S/C19H22N4OS/c1-3-16-9-10-17(25-16)13-22-19(20-2)21-12-15-11-18(24-23-15)14-7-5-4-6-8-14/h4-11H,3,12-13H2,1-2H3,(H2,20,21,22). The van der Waals surface area contributed by atoms with E-state index in [1.165, 1.54) is 9.75 Å². The van der Waals surface area contributed by atoms with E-state index in [1.807, 2.05) is 47.7 Å². The Hall–Kier alpha value is -2.60. The molecule has 1 aromatic carbocycles. The highest BCUT2D eigenvalue weighted by molar-refractivity contribution is 7.11. The predicted molar refractivity (Wildman–Crippen MR) is 103 cm³/mol. The average molecular weight is 354 g/mol. The first-order valence-electron chi connectivity index (χ1n) is 8.31. The summed E-state index contributed by atoms with van der Waals surface area (Å²) in [5.74, 6) is 1.52. The molecule has 2 heterocycles. The van der Waals surface area contributed by atoms with Crippen molar-refractivity contribution in [3.63, 3.8) is 0 Å². The number of thiophene rings is 1. The number of aryl methyl sites for hydroxylation is 1. The molecule has 0 atom stereocenters. The Morgan fingerprint density at radius 3 is 2.56 bits per heavy atom. The molecule has 0 aliphatic carbocycles. The van der Waals surface area contributed by atoms with E-state index in [4.69, 9.17) is 4.52 Å². The Morgan fingerprint density at radius 1 is 1.08 bits per heavy atom. The van der Waals surface area contributed by atoms with Crippen molar-refractivity contribution in [1.29, 1.82) is 0 Å². The number of nitrogens with zero attached hydrogens (tertiary/aromatic N) is 2. The summed E-state index contributed by atoms with van der Waals surface area (Å²) >= 11 is 1.83. The number of aromatic nitrogens is 1. The molecule has 0 fully saturated rings. The lowest BCUT2D eigenvalue weighted by atomic mass is 10.2. The van der Waals surface area contributed by atoms with Crippen molar-refractivity contribution in [3.05, 3.63) is 64.0 Å². The van der Waals surface area contributed by atoms with Crippen LogP contribution in [0.2, 0.25) is 0 Å². The maximum atomic E-state index is 5.41. The van der Waals surface area contributed by atoms with Gasteiger partial charge in [-0.1, -0.05) is 42.4 Å². The lowest BCUT2D eigenvalue weighted by Crippen LogP contribution is -2.36. The molecule has 0 radical (unpaired) electrons. The number of hydrogen-bond acceptors (Lipinski definition) is 4. The molecule has 0 aliphatic rings. The summed E-state index contributed by atoms with van der Waals surface area (Å²) in [7, 11) is 1.76. The van der Waals surface area contributed by atoms with Crippen molar-refractivity contribution in [2.24, 2.45) is 4.99 Å². The zero-order valence-corrected chi connectivity index (χ0v) is 15.3. The Bertz CT molecular complexity index is 823. The van der Waals surface area contributed by atoms with E-state index in [0.29, 0.717) is 6.54 Å². The molecule has 0 unspecified atom stereocenters. The topological polar surface area (TPSA) is 62.5 Å². The van der Waals surface area contributed by atoms with Gasteiger partial charge in [-0.15, -0.1) is 11.3 Å². The first kappa shape index (κ1) is 17.2. The van der Waals surface area contributed by atoms with E-state index in [0.717, 1.165) is 35.9 Å². The Labute approximate surface area is 151 Å². The summed E-state index contributed by atoms with van der Waals surface area (Å²) in [6.45, 7) is 3.49. The van der Waals surface area contributed by atoms with Gasteiger partial charge in [0.1, 0.15) is 5.69 Å². The molecular formula is C19H22N4OS. The second-order valence-electron chi connectivity index (χ2n) is 5.55. The van der Waals surface area contributed by atoms with Gasteiger partial charge in [-0.25, -0.2) is 0 Å². The third kappa shape index (κ3) is 4.70. The maximum absolute atomic E-state index is 5.41. The minimum absolute atomic E-state index is 0.556. The Balaban J connectivity index is 1.52. The Morgan fingerprint density at radius 2 is 1.84 bits per heavy atom.